The van der Waals surface area contributed by atoms with Crippen LogP contribution in [0.1, 0.15) is 11.1 Å². The molecule has 1 aliphatic heterocycles. The highest BCUT2D eigenvalue weighted by Gasteiger charge is 2.16. The second-order valence-corrected chi connectivity index (χ2v) is 6.93. The number of hydrogen-bond donors (Lipinski definition) is 4. The third-order valence-electron chi connectivity index (χ3n) is 4.74. The number of halogens is 2. The Balaban J connectivity index is 1.76. The number of morpholine rings is 1. The van der Waals surface area contributed by atoms with E-state index in [1.807, 2.05) is 0 Å². The number of guanidine groups is 1. The number of aliphatic imine (C=N–C) groups is 1. The van der Waals surface area contributed by atoms with Gasteiger partial charge in [0.2, 0.25) is 5.96 Å². The van der Waals surface area contributed by atoms with Crippen molar-refractivity contribution in [2.75, 3.05) is 39.4 Å². The normalized spacial score (nSPS) is 15.8. The third-order valence-corrected chi connectivity index (χ3v) is 4.74. The van der Waals surface area contributed by atoms with Gasteiger partial charge in [-0.15, -0.1) is 0 Å². The van der Waals surface area contributed by atoms with Crippen molar-refractivity contribution in [2.24, 2.45) is 16.5 Å². The smallest absolute Gasteiger partial charge is 0.321 e. The lowest BCUT2D eigenvalue weighted by molar-refractivity contribution is 0.0387. The van der Waals surface area contributed by atoms with E-state index in [9.17, 15) is 13.6 Å². The van der Waals surface area contributed by atoms with Gasteiger partial charge in [-0.25, -0.2) is 18.6 Å². The molecule has 1 aliphatic rings. The molecule has 0 unspecified atom stereocenters. The first kappa shape index (κ1) is 23.1. The van der Waals surface area contributed by atoms with Crippen LogP contribution < -0.4 is 22.1 Å². The number of rotatable bonds is 6. The molecule has 1 fully saturated rings. The molecule has 2 aromatic rings. The number of ether oxygens (including phenoxy) is 1. The Hall–Kier alpha value is -3.57. The van der Waals surface area contributed by atoms with E-state index in [2.05, 4.69) is 25.5 Å². The molecule has 0 atom stereocenters. The van der Waals surface area contributed by atoms with Gasteiger partial charge >= 0.3 is 6.03 Å². The molecule has 6 N–H and O–H groups in total. The Morgan fingerprint density at radius 3 is 2.59 bits per heavy atom. The SMILES string of the molecule is N/C(=C(\N=C(/N)NC(=O)NCCN1CCOCC1)c1ccccc1F)c1ccncc1F. The molecule has 0 radical (unpaired) electrons. The summed E-state index contributed by atoms with van der Waals surface area (Å²) >= 11 is 0. The van der Waals surface area contributed by atoms with E-state index in [4.69, 9.17) is 16.2 Å². The summed E-state index contributed by atoms with van der Waals surface area (Å²) < 4.78 is 33.9. The lowest BCUT2D eigenvalue weighted by atomic mass is 10.1. The summed E-state index contributed by atoms with van der Waals surface area (Å²) in [5.41, 5.74) is 11.7. The van der Waals surface area contributed by atoms with E-state index in [1.54, 1.807) is 6.07 Å². The van der Waals surface area contributed by atoms with Crippen molar-refractivity contribution in [3.05, 3.63) is 65.5 Å². The first-order valence-electron chi connectivity index (χ1n) is 9.99. The van der Waals surface area contributed by atoms with Gasteiger partial charge in [-0.2, -0.15) is 0 Å². The van der Waals surface area contributed by atoms with Gasteiger partial charge in [0.15, 0.2) is 5.82 Å². The molecule has 3 rings (SSSR count). The van der Waals surface area contributed by atoms with Crippen LogP contribution in [0.4, 0.5) is 13.6 Å². The van der Waals surface area contributed by atoms with Gasteiger partial charge in [0.25, 0.3) is 0 Å². The number of pyridine rings is 1. The summed E-state index contributed by atoms with van der Waals surface area (Å²) in [5.74, 6) is -1.67. The van der Waals surface area contributed by atoms with E-state index in [0.717, 1.165) is 19.3 Å². The maximum atomic E-state index is 14.5. The Morgan fingerprint density at radius 2 is 1.88 bits per heavy atom. The molecule has 32 heavy (non-hydrogen) atoms. The van der Waals surface area contributed by atoms with Crippen LogP contribution in [0.15, 0.2) is 47.7 Å². The summed E-state index contributed by atoms with van der Waals surface area (Å²) in [6, 6.07) is 6.46. The van der Waals surface area contributed by atoms with Gasteiger partial charge in [0.1, 0.15) is 11.5 Å². The van der Waals surface area contributed by atoms with Crippen molar-refractivity contribution < 1.29 is 18.3 Å². The second-order valence-electron chi connectivity index (χ2n) is 6.93. The van der Waals surface area contributed by atoms with Crippen LogP contribution in [0, 0.1) is 11.6 Å². The number of benzene rings is 1. The summed E-state index contributed by atoms with van der Waals surface area (Å²) in [7, 11) is 0. The van der Waals surface area contributed by atoms with Crippen LogP contribution in [0.3, 0.4) is 0 Å². The van der Waals surface area contributed by atoms with Crippen molar-refractivity contribution in [3.8, 4) is 0 Å². The molecule has 11 heteroatoms. The zero-order chi connectivity index (χ0) is 22.9. The molecule has 9 nitrogen and oxygen atoms in total. The van der Waals surface area contributed by atoms with E-state index >= 15 is 0 Å². The molecule has 1 aromatic heterocycles. The minimum Gasteiger partial charge on any atom is -0.396 e. The minimum atomic E-state index is -0.707. The minimum absolute atomic E-state index is 0.00121. The molecule has 1 aromatic carbocycles. The molecule has 2 heterocycles. The standard InChI is InChI=1S/C21H25F2N7O2/c22-16-4-2-1-3-15(16)19(18(24)14-5-6-26-13-17(14)23)28-20(25)29-21(31)27-7-8-30-9-11-32-12-10-30/h1-6,13H,7-12,24H2,(H4,25,27,28,29,31)/b19-18-. The second kappa shape index (κ2) is 11.2. The average molecular weight is 445 g/mol. The summed E-state index contributed by atoms with van der Waals surface area (Å²) in [6.07, 6.45) is 2.33. The highest BCUT2D eigenvalue weighted by atomic mass is 19.1. The lowest BCUT2D eigenvalue weighted by Gasteiger charge is -2.26. The summed E-state index contributed by atoms with van der Waals surface area (Å²) in [6.45, 7) is 3.97. The molecule has 0 spiro atoms. The molecular weight excluding hydrogens is 420 g/mol. The predicted octanol–water partition coefficient (Wildman–Crippen LogP) is 1.09. The molecule has 0 saturated carbocycles. The van der Waals surface area contributed by atoms with Crippen molar-refractivity contribution >= 4 is 23.4 Å². The summed E-state index contributed by atoms with van der Waals surface area (Å²) in [4.78, 5) is 22.1. The Bertz CT molecular complexity index is 1010. The Kier molecular flexibility index (Phi) is 8.06. The predicted molar refractivity (Wildman–Crippen MR) is 117 cm³/mol. The van der Waals surface area contributed by atoms with Crippen LogP contribution in [-0.2, 0) is 4.74 Å². The van der Waals surface area contributed by atoms with E-state index in [-0.39, 0.29) is 28.5 Å². The van der Waals surface area contributed by atoms with Gasteiger partial charge in [0.05, 0.1) is 25.1 Å². The van der Waals surface area contributed by atoms with Gasteiger partial charge < -0.3 is 21.5 Å². The summed E-state index contributed by atoms with van der Waals surface area (Å²) in [5, 5.41) is 5.05. The van der Waals surface area contributed by atoms with E-state index in [1.165, 1.54) is 30.5 Å². The number of hydrogen-bond acceptors (Lipinski definition) is 6. The van der Waals surface area contributed by atoms with Crippen LogP contribution in [-0.4, -0.2) is 61.3 Å². The molecule has 0 bridgehead atoms. The zero-order valence-electron chi connectivity index (χ0n) is 17.4. The van der Waals surface area contributed by atoms with Gasteiger partial charge in [-0.3, -0.25) is 15.2 Å². The fourth-order valence-corrected chi connectivity index (χ4v) is 3.10. The number of carbonyl (C=O) groups excluding carboxylic acids is 1. The average Bonchev–Trinajstić information content (AvgIpc) is 2.78. The fraction of sp³-hybridized carbons (Fsp3) is 0.286. The van der Waals surface area contributed by atoms with Crippen LogP contribution >= 0.6 is 0 Å². The molecular formula is C21H25F2N7O2. The lowest BCUT2D eigenvalue weighted by Crippen LogP contribution is -2.46. The fourth-order valence-electron chi connectivity index (χ4n) is 3.10. The van der Waals surface area contributed by atoms with Gasteiger partial charge in [-0.1, -0.05) is 12.1 Å². The number of nitrogens with two attached hydrogens (primary N) is 2. The highest BCUT2D eigenvalue weighted by molar-refractivity contribution is 6.00. The Morgan fingerprint density at radius 1 is 1.12 bits per heavy atom. The molecule has 0 aliphatic carbocycles. The highest BCUT2D eigenvalue weighted by Crippen LogP contribution is 2.27. The van der Waals surface area contributed by atoms with Crippen molar-refractivity contribution in [2.45, 2.75) is 0 Å². The maximum Gasteiger partial charge on any atom is 0.321 e. The van der Waals surface area contributed by atoms with E-state index < -0.39 is 17.7 Å². The molecule has 2 amide bonds. The number of urea groups is 1. The number of amides is 2. The van der Waals surface area contributed by atoms with E-state index in [0.29, 0.717) is 26.3 Å². The monoisotopic (exact) mass is 445 g/mol. The number of aromatic nitrogens is 1. The van der Waals surface area contributed by atoms with Crippen molar-refractivity contribution in [3.63, 3.8) is 0 Å². The largest absolute Gasteiger partial charge is 0.396 e. The first-order chi connectivity index (χ1) is 15.5. The van der Waals surface area contributed by atoms with Crippen LogP contribution in [0.2, 0.25) is 0 Å². The molecule has 1 saturated heterocycles. The van der Waals surface area contributed by atoms with Crippen molar-refractivity contribution in [1.82, 2.24) is 20.5 Å². The van der Waals surface area contributed by atoms with Gasteiger partial charge in [0, 0.05) is 43.5 Å². The molecule has 170 valence electrons. The number of nitrogens with one attached hydrogen (secondary N) is 2. The number of carbonyl (C=O) groups is 1. The zero-order valence-corrected chi connectivity index (χ0v) is 17.4. The van der Waals surface area contributed by atoms with Crippen molar-refractivity contribution in [1.29, 1.82) is 0 Å². The number of nitrogens with zero attached hydrogens (tertiary/aromatic N) is 3. The van der Waals surface area contributed by atoms with Crippen LogP contribution in [0.25, 0.3) is 11.4 Å². The first-order valence-corrected chi connectivity index (χ1v) is 9.99. The van der Waals surface area contributed by atoms with Gasteiger partial charge in [-0.05, 0) is 18.2 Å². The topological polar surface area (TPSA) is 131 Å². The maximum absolute atomic E-state index is 14.5. The Labute approximate surface area is 184 Å². The van der Waals surface area contributed by atoms with Crippen LogP contribution in [0.5, 0.6) is 0 Å². The quantitative estimate of drug-likeness (QED) is 0.389. The third kappa shape index (κ3) is 6.22.